The Balaban J connectivity index is 2.74. The van der Waals surface area contributed by atoms with Crippen molar-refractivity contribution in [1.82, 2.24) is 15.3 Å². The molecule has 6 nitrogen and oxygen atoms in total. The van der Waals surface area contributed by atoms with Crippen molar-refractivity contribution in [2.45, 2.75) is 53.1 Å². The maximum atomic E-state index is 12.0. The van der Waals surface area contributed by atoms with Gasteiger partial charge in [0.25, 0.3) is 0 Å². The molecule has 0 radical (unpaired) electrons. The van der Waals surface area contributed by atoms with E-state index in [1.807, 2.05) is 47.6 Å². The molecule has 0 saturated carbocycles. The van der Waals surface area contributed by atoms with Crippen LogP contribution in [0.25, 0.3) is 0 Å². The van der Waals surface area contributed by atoms with E-state index in [4.69, 9.17) is 0 Å². The molecule has 1 amide bonds. The van der Waals surface area contributed by atoms with Crippen LogP contribution < -0.4 is 16.0 Å². The molecule has 3 N–H and O–H groups in total. The number of nitrogens with zero attached hydrogens (tertiary/aromatic N) is 2. The summed E-state index contributed by atoms with van der Waals surface area (Å²) in [6.45, 7) is 12.3. The molecule has 0 aliphatic heterocycles. The van der Waals surface area contributed by atoms with Crippen molar-refractivity contribution in [3.05, 3.63) is 11.8 Å². The molecule has 20 heavy (non-hydrogen) atoms. The van der Waals surface area contributed by atoms with E-state index in [2.05, 4.69) is 25.9 Å². The zero-order chi connectivity index (χ0) is 15.3. The van der Waals surface area contributed by atoms with Gasteiger partial charge in [-0.05, 0) is 41.5 Å². The first-order valence-corrected chi connectivity index (χ1v) is 6.89. The summed E-state index contributed by atoms with van der Waals surface area (Å²) in [4.78, 5) is 20.6. The van der Waals surface area contributed by atoms with E-state index in [0.29, 0.717) is 11.8 Å². The van der Waals surface area contributed by atoms with Gasteiger partial charge in [0.2, 0.25) is 11.9 Å². The predicted octanol–water partition coefficient (Wildman–Crippen LogP) is 1.93. The molecule has 0 spiro atoms. The van der Waals surface area contributed by atoms with Crippen molar-refractivity contribution < 1.29 is 4.79 Å². The second kappa shape index (κ2) is 6.54. The Bertz CT molecular complexity index is 467. The van der Waals surface area contributed by atoms with Gasteiger partial charge in [-0.15, -0.1) is 0 Å². The SMILES string of the molecule is CCNc1nc(C)cc(NC(C)C(=O)NC(C)(C)C)n1. The maximum Gasteiger partial charge on any atom is 0.242 e. The smallest absolute Gasteiger partial charge is 0.242 e. The molecule has 112 valence electrons. The molecule has 1 aromatic heterocycles. The van der Waals surface area contributed by atoms with Crippen LogP contribution in [0.15, 0.2) is 6.07 Å². The van der Waals surface area contributed by atoms with Gasteiger partial charge >= 0.3 is 0 Å². The monoisotopic (exact) mass is 279 g/mol. The molecular weight excluding hydrogens is 254 g/mol. The number of anilines is 2. The molecule has 0 aliphatic carbocycles. The first kappa shape index (κ1) is 16.2. The Morgan fingerprint density at radius 2 is 2.00 bits per heavy atom. The van der Waals surface area contributed by atoms with E-state index in [-0.39, 0.29) is 17.5 Å². The third kappa shape index (κ3) is 5.42. The van der Waals surface area contributed by atoms with Crippen molar-refractivity contribution >= 4 is 17.7 Å². The quantitative estimate of drug-likeness (QED) is 0.767. The Labute approximate surface area is 120 Å². The van der Waals surface area contributed by atoms with E-state index in [9.17, 15) is 4.79 Å². The van der Waals surface area contributed by atoms with Gasteiger partial charge in [0, 0.05) is 23.8 Å². The van der Waals surface area contributed by atoms with E-state index >= 15 is 0 Å². The van der Waals surface area contributed by atoms with Crippen molar-refractivity contribution in [3.8, 4) is 0 Å². The van der Waals surface area contributed by atoms with Gasteiger partial charge in [0.15, 0.2) is 0 Å². The van der Waals surface area contributed by atoms with Gasteiger partial charge in [-0.1, -0.05) is 0 Å². The Morgan fingerprint density at radius 1 is 1.35 bits per heavy atom. The summed E-state index contributed by atoms with van der Waals surface area (Å²) < 4.78 is 0. The average Bonchev–Trinajstić information content (AvgIpc) is 2.26. The van der Waals surface area contributed by atoms with E-state index < -0.39 is 0 Å². The van der Waals surface area contributed by atoms with Gasteiger partial charge in [0.1, 0.15) is 11.9 Å². The molecule has 0 aromatic carbocycles. The summed E-state index contributed by atoms with van der Waals surface area (Å²) >= 11 is 0. The molecule has 0 fully saturated rings. The topological polar surface area (TPSA) is 78.9 Å². The number of hydrogen-bond acceptors (Lipinski definition) is 5. The fraction of sp³-hybridized carbons (Fsp3) is 0.643. The standard InChI is InChI=1S/C14H25N5O/c1-7-15-13-16-9(2)8-11(18-13)17-10(3)12(20)19-14(4,5)6/h8,10H,7H2,1-6H3,(H,19,20)(H2,15,16,17,18). The second-order valence-electron chi connectivity index (χ2n) is 5.85. The average molecular weight is 279 g/mol. The number of aryl methyl sites for hydroxylation is 1. The Hall–Kier alpha value is -1.85. The lowest BCUT2D eigenvalue weighted by atomic mass is 10.1. The van der Waals surface area contributed by atoms with Crippen LogP contribution in [0.4, 0.5) is 11.8 Å². The zero-order valence-electron chi connectivity index (χ0n) is 13.2. The van der Waals surface area contributed by atoms with E-state index in [1.165, 1.54) is 0 Å². The largest absolute Gasteiger partial charge is 0.358 e. The maximum absolute atomic E-state index is 12.0. The van der Waals surface area contributed by atoms with Crippen LogP contribution in [-0.2, 0) is 4.79 Å². The highest BCUT2D eigenvalue weighted by molar-refractivity contribution is 5.84. The summed E-state index contributed by atoms with van der Waals surface area (Å²) in [7, 11) is 0. The first-order chi connectivity index (χ1) is 9.21. The lowest BCUT2D eigenvalue weighted by Gasteiger charge is -2.24. The third-order valence-corrected chi connectivity index (χ3v) is 2.44. The second-order valence-corrected chi connectivity index (χ2v) is 5.85. The predicted molar refractivity (Wildman–Crippen MR) is 81.9 cm³/mol. The lowest BCUT2D eigenvalue weighted by Crippen LogP contribution is -2.47. The first-order valence-electron chi connectivity index (χ1n) is 6.89. The van der Waals surface area contributed by atoms with Crippen LogP contribution in [-0.4, -0.2) is 34.0 Å². The molecule has 1 aromatic rings. The molecular formula is C14H25N5O. The number of amides is 1. The van der Waals surface area contributed by atoms with Crippen LogP contribution >= 0.6 is 0 Å². The van der Waals surface area contributed by atoms with Crippen molar-refractivity contribution in [1.29, 1.82) is 0 Å². The highest BCUT2D eigenvalue weighted by Crippen LogP contribution is 2.11. The van der Waals surface area contributed by atoms with E-state index in [1.54, 1.807) is 0 Å². The molecule has 1 atom stereocenters. The van der Waals surface area contributed by atoms with Gasteiger partial charge in [0.05, 0.1) is 0 Å². The number of hydrogen-bond donors (Lipinski definition) is 3. The van der Waals surface area contributed by atoms with Gasteiger partial charge in [-0.25, -0.2) is 4.98 Å². The molecule has 1 unspecified atom stereocenters. The minimum atomic E-state index is -0.363. The molecule has 0 aliphatic rings. The van der Waals surface area contributed by atoms with Gasteiger partial charge in [-0.2, -0.15) is 4.98 Å². The molecule has 0 saturated heterocycles. The third-order valence-electron chi connectivity index (χ3n) is 2.44. The van der Waals surface area contributed by atoms with Gasteiger partial charge < -0.3 is 16.0 Å². The molecule has 0 bridgehead atoms. The van der Waals surface area contributed by atoms with Crippen LogP contribution in [0, 0.1) is 6.92 Å². The number of nitrogens with one attached hydrogen (secondary N) is 3. The molecule has 6 heteroatoms. The Kier molecular flexibility index (Phi) is 5.30. The van der Waals surface area contributed by atoms with Crippen molar-refractivity contribution in [2.75, 3.05) is 17.2 Å². The summed E-state index contributed by atoms with van der Waals surface area (Å²) in [6.07, 6.45) is 0. The Morgan fingerprint density at radius 3 is 2.55 bits per heavy atom. The van der Waals surface area contributed by atoms with E-state index in [0.717, 1.165) is 12.2 Å². The normalized spacial score (nSPS) is 12.7. The zero-order valence-corrected chi connectivity index (χ0v) is 13.2. The number of carbonyl (C=O) groups is 1. The number of rotatable bonds is 5. The summed E-state index contributed by atoms with van der Waals surface area (Å²) in [6, 6.07) is 1.46. The molecule has 1 heterocycles. The van der Waals surface area contributed by atoms with Gasteiger partial charge in [-0.3, -0.25) is 4.79 Å². The number of aromatic nitrogens is 2. The summed E-state index contributed by atoms with van der Waals surface area (Å²) in [5.41, 5.74) is 0.602. The minimum Gasteiger partial charge on any atom is -0.358 e. The molecule has 1 rings (SSSR count). The van der Waals surface area contributed by atoms with Crippen molar-refractivity contribution in [3.63, 3.8) is 0 Å². The fourth-order valence-corrected chi connectivity index (χ4v) is 1.64. The summed E-state index contributed by atoms with van der Waals surface area (Å²) in [5, 5.41) is 9.10. The minimum absolute atomic E-state index is 0.0567. The van der Waals surface area contributed by atoms with Crippen LogP contribution in [0.2, 0.25) is 0 Å². The van der Waals surface area contributed by atoms with Crippen LogP contribution in [0.5, 0.6) is 0 Å². The lowest BCUT2D eigenvalue weighted by molar-refractivity contribution is -0.122. The highest BCUT2D eigenvalue weighted by atomic mass is 16.2. The fourth-order valence-electron chi connectivity index (χ4n) is 1.64. The van der Waals surface area contributed by atoms with Crippen LogP contribution in [0.3, 0.4) is 0 Å². The van der Waals surface area contributed by atoms with Crippen LogP contribution in [0.1, 0.15) is 40.3 Å². The highest BCUT2D eigenvalue weighted by Gasteiger charge is 2.19. The number of carbonyl (C=O) groups excluding carboxylic acids is 1. The summed E-state index contributed by atoms with van der Waals surface area (Å²) in [5.74, 6) is 1.15. The van der Waals surface area contributed by atoms with Crippen molar-refractivity contribution in [2.24, 2.45) is 0 Å².